The average Bonchev–Trinajstić information content (AvgIpc) is 2.84. The van der Waals surface area contributed by atoms with Crippen molar-refractivity contribution in [3.8, 4) is 0 Å². The van der Waals surface area contributed by atoms with Crippen molar-refractivity contribution >= 4 is 5.96 Å². The van der Waals surface area contributed by atoms with Crippen molar-refractivity contribution in [2.75, 3.05) is 26.8 Å². The Morgan fingerprint density at radius 2 is 1.96 bits per heavy atom. The van der Waals surface area contributed by atoms with Gasteiger partial charge in [-0.25, -0.2) is 4.99 Å². The van der Waals surface area contributed by atoms with Gasteiger partial charge in [-0.15, -0.1) is 0 Å². The fourth-order valence-electron chi connectivity index (χ4n) is 2.62. The van der Waals surface area contributed by atoms with Gasteiger partial charge in [0.05, 0.1) is 25.4 Å². The van der Waals surface area contributed by atoms with Gasteiger partial charge in [-0.2, -0.15) is 5.10 Å². The van der Waals surface area contributed by atoms with Gasteiger partial charge < -0.3 is 15.4 Å². The van der Waals surface area contributed by atoms with Gasteiger partial charge in [-0.05, 0) is 27.2 Å². The first-order chi connectivity index (χ1) is 11.6. The summed E-state index contributed by atoms with van der Waals surface area (Å²) < 4.78 is 7.15. The monoisotopic (exact) mass is 337 g/mol. The minimum Gasteiger partial charge on any atom is -0.383 e. The highest BCUT2D eigenvalue weighted by Gasteiger charge is 2.11. The number of unbranched alkanes of at least 4 members (excludes halogenated alkanes) is 3. The summed E-state index contributed by atoms with van der Waals surface area (Å²) in [6, 6.07) is 0. The van der Waals surface area contributed by atoms with E-state index in [-0.39, 0.29) is 0 Å². The van der Waals surface area contributed by atoms with E-state index in [0.717, 1.165) is 31.3 Å². The third-order valence-electron chi connectivity index (χ3n) is 4.10. The number of guanidine groups is 1. The van der Waals surface area contributed by atoms with Crippen LogP contribution < -0.4 is 10.6 Å². The van der Waals surface area contributed by atoms with Gasteiger partial charge in [0.15, 0.2) is 5.96 Å². The van der Waals surface area contributed by atoms with E-state index in [0.29, 0.717) is 13.2 Å². The smallest absolute Gasteiger partial charge is 0.191 e. The number of hydrogen-bond acceptors (Lipinski definition) is 3. The standard InChI is InChI=1S/C18H35N5O/c1-6-8-9-10-11-20-18(19-7-2)21-14-17-15(3)22-23(16(17)4)12-13-24-5/h6-14H2,1-5H3,(H2,19,20,21). The SMILES string of the molecule is CCCCCCNC(=NCc1c(C)nn(CCOC)c1C)NCC. The van der Waals surface area contributed by atoms with E-state index in [9.17, 15) is 0 Å². The van der Waals surface area contributed by atoms with Gasteiger partial charge in [0.2, 0.25) is 0 Å². The van der Waals surface area contributed by atoms with Gasteiger partial charge in [-0.1, -0.05) is 26.2 Å². The molecular formula is C18H35N5O. The normalized spacial score (nSPS) is 11.8. The van der Waals surface area contributed by atoms with Crippen LogP contribution in [0.2, 0.25) is 0 Å². The Hall–Kier alpha value is -1.56. The molecule has 0 amide bonds. The lowest BCUT2D eigenvalue weighted by Gasteiger charge is -2.11. The summed E-state index contributed by atoms with van der Waals surface area (Å²) in [4.78, 5) is 4.73. The quantitative estimate of drug-likeness (QED) is 0.370. The highest BCUT2D eigenvalue weighted by molar-refractivity contribution is 5.79. The summed E-state index contributed by atoms with van der Waals surface area (Å²) in [5, 5.41) is 11.3. The number of rotatable bonds is 11. The van der Waals surface area contributed by atoms with Gasteiger partial charge in [-0.3, -0.25) is 4.68 Å². The van der Waals surface area contributed by atoms with Crippen LogP contribution in [-0.4, -0.2) is 42.5 Å². The molecule has 0 aliphatic heterocycles. The lowest BCUT2D eigenvalue weighted by molar-refractivity contribution is 0.182. The Labute approximate surface area is 147 Å². The number of methoxy groups -OCH3 is 1. The summed E-state index contributed by atoms with van der Waals surface area (Å²) in [5.41, 5.74) is 3.42. The van der Waals surface area contributed by atoms with Gasteiger partial charge in [0.1, 0.15) is 0 Å². The topological polar surface area (TPSA) is 63.5 Å². The molecule has 0 aliphatic carbocycles. The van der Waals surface area contributed by atoms with Crippen molar-refractivity contribution in [3.63, 3.8) is 0 Å². The van der Waals surface area contributed by atoms with E-state index in [4.69, 9.17) is 9.73 Å². The lowest BCUT2D eigenvalue weighted by Crippen LogP contribution is -2.37. The number of nitrogens with zero attached hydrogens (tertiary/aromatic N) is 3. The number of aliphatic imine (C=N–C) groups is 1. The minimum atomic E-state index is 0.648. The molecule has 0 bridgehead atoms. The molecule has 0 fully saturated rings. The zero-order valence-electron chi connectivity index (χ0n) is 16.1. The molecule has 0 saturated carbocycles. The lowest BCUT2D eigenvalue weighted by atomic mass is 10.2. The summed E-state index contributed by atoms with van der Waals surface area (Å²) >= 11 is 0. The van der Waals surface area contributed by atoms with Crippen LogP contribution in [0.1, 0.15) is 56.5 Å². The van der Waals surface area contributed by atoms with Crippen LogP contribution in [0.15, 0.2) is 4.99 Å². The minimum absolute atomic E-state index is 0.648. The van der Waals surface area contributed by atoms with Crippen LogP contribution >= 0.6 is 0 Å². The summed E-state index contributed by atoms with van der Waals surface area (Å²) in [5.74, 6) is 0.887. The number of nitrogens with one attached hydrogen (secondary N) is 2. The van der Waals surface area contributed by atoms with E-state index >= 15 is 0 Å². The summed E-state index contributed by atoms with van der Waals surface area (Å²) in [6.07, 6.45) is 5.02. The molecule has 1 aromatic rings. The summed E-state index contributed by atoms with van der Waals surface area (Å²) in [7, 11) is 1.71. The zero-order chi connectivity index (χ0) is 17.8. The second kappa shape index (κ2) is 11.9. The molecule has 0 spiro atoms. The molecule has 1 heterocycles. The van der Waals surface area contributed by atoms with Gasteiger partial charge in [0.25, 0.3) is 0 Å². The number of ether oxygens (including phenoxy) is 1. The number of hydrogen-bond donors (Lipinski definition) is 2. The first-order valence-corrected chi connectivity index (χ1v) is 9.18. The fourth-order valence-corrected chi connectivity index (χ4v) is 2.62. The van der Waals surface area contributed by atoms with Gasteiger partial charge >= 0.3 is 0 Å². The Morgan fingerprint density at radius 3 is 2.62 bits per heavy atom. The Balaban J connectivity index is 2.63. The average molecular weight is 338 g/mol. The molecule has 6 nitrogen and oxygen atoms in total. The predicted octanol–water partition coefficient (Wildman–Crippen LogP) is 2.78. The third-order valence-corrected chi connectivity index (χ3v) is 4.10. The number of aryl methyl sites for hydroxylation is 1. The van der Waals surface area contributed by atoms with Crippen LogP contribution in [0.4, 0.5) is 0 Å². The Kier molecular flexibility index (Phi) is 10.2. The molecule has 0 aliphatic rings. The van der Waals surface area contributed by atoms with E-state index in [1.165, 1.54) is 36.9 Å². The van der Waals surface area contributed by atoms with E-state index in [1.54, 1.807) is 7.11 Å². The van der Waals surface area contributed by atoms with Crippen molar-refractivity contribution in [2.45, 2.75) is 66.5 Å². The van der Waals surface area contributed by atoms with Crippen molar-refractivity contribution in [3.05, 3.63) is 17.0 Å². The maximum Gasteiger partial charge on any atom is 0.191 e. The van der Waals surface area contributed by atoms with Crippen LogP contribution in [-0.2, 0) is 17.8 Å². The molecule has 138 valence electrons. The van der Waals surface area contributed by atoms with E-state index < -0.39 is 0 Å². The van der Waals surface area contributed by atoms with E-state index in [2.05, 4.69) is 36.5 Å². The molecular weight excluding hydrogens is 302 g/mol. The summed E-state index contributed by atoms with van der Waals surface area (Å²) in [6.45, 7) is 12.4. The second-order valence-electron chi connectivity index (χ2n) is 6.05. The maximum atomic E-state index is 5.14. The fraction of sp³-hybridized carbons (Fsp3) is 0.778. The third kappa shape index (κ3) is 6.91. The molecule has 6 heteroatoms. The molecule has 1 aromatic heterocycles. The first kappa shape index (κ1) is 20.5. The second-order valence-corrected chi connectivity index (χ2v) is 6.05. The highest BCUT2D eigenvalue weighted by atomic mass is 16.5. The first-order valence-electron chi connectivity index (χ1n) is 9.18. The zero-order valence-corrected chi connectivity index (χ0v) is 16.1. The Bertz CT molecular complexity index is 496. The molecule has 2 N–H and O–H groups in total. The molecule has 0 aromatic carbocycles. The molecule has 0 saturated heterocycles. The maximum absolute atomic E-state index is 5.14. The van der Waals surface area contributed by atoms with Crippen LogP contribution in [0.3, 0.4) is 0 Å². The van der Waals surface area contributed by atoms with Gasteiger partial charge in [0, 0.05) is 31.5 Å². The van der Waals surface area contributed by atoms with E-state index in [1.807, 2.05) is 11.6 Å². The Morgan fingerprint density at radius 1 is 1.17 bits per heavy atom. The van der Waals surface area contributed by atoms with Crippen LogP contribution in [0.5, 0.6) is 0 Å². The molecule has 0 unspecified atom stereocenters. The number of aromatic nitrogens is 2. The molecule has 24 heavy (non-hydrogen) atoms. The predicted molar refractivity (Wildman–Crippen MR) is 101 cm³/mol. The van der Waals surface area contributed by atoms with Crippen LogP contribution in [0.25, 0.3) is 0 Å². The van der Waals surface area contributed by atoms with Crippen molar-refractivity contribution in [1.82, 2.24) is 20.4 Å². The largest absolute Gasteiger partial charge is 0.383 e. The van der Waals surface area contributed by atoms with Crippen molar-refractivity contribution < 1.29 is 4.74 Å². The van der Waals surface area contributed by atoms with Crippen LogP contribution in [0, 0.1) is 13.8 Å². The molecule has 1 rings (SSSR count). The molecule has 0 radical (unpaired) electrons. The van der Waals surface area contributed by atoms with Crippen molar-refractivity contribution in [1.29, 1.82) is 0 Å². The van der Waals surface area contributed by atoms with Crippen molar-refractivity contribution in [2.24, 2.45) is 4.99 Å². The highest BCUT2D eigenvalue weighted by Crippen LogP contribution is 2.14. The molecule has 0 atom stereocenters.